The van der Waals surface area contributed by atoms with Crippen molar-refractivity contribution in [3.8, 4) is 0 Å². The number of piperazine rings is 1. The second-order valence-corrected chi connectivity index (χ2v) is 5.90. The minimum Gasteiger partial charge on any atom is -0.380 e. The van der Waals surface area contributed by atoms with Crippen molar-refractivity contribution < 1.29 is 9.53 Å². The molecule has 2 fully saturated rings. The fourth-order valence-electron chi connectivity index (χ4n) is 3.41. The number of nitrogens with two attached hydrogens (primary N) is 1. The first-order valence-corrected chi connectivity index (χ1v) is 8.05. The lowest BCUT2D eigenvalue weighted by Gasteiger charge is -2.36. The first kappa shape index (κ1) is 15.7. The highest BCUT2D eigenvalue weighted by atomic mass is 16.5. The molecule has 0 aromatic heterocycles. The molecule has 20 heavy (non-hydrogen) atoms. The van der Waals surface area contributed by atoms with Gasteiger partial charge in [-0.2, -0.15) is 0 Å². The third-order valence-corrected chi connectivity index (χ3v) is 4.72. The van der Waals surface area contributed by atoms with Gasteiger partial charge < -0.3 is 15.4 Å². The number of nitrogens with zero attached hydrogens (tertiary/aromatic N) is 2. The van der Waals surface area contributed by atoms with Gasteiger partial charge in [-0.05, 0) is 32.2 Å². The zero-order chi connectivity index (χ0) is 14.4. The summed E-state index contributed by atoms with van der Waals surface area (Å²) in [7, 11) is 0. The molecule has 0 radical (unpaired) electrons. The van der Waals surface area contributed by atoms with Crippen molar-refractivity contribution in [1.29, 1.82) is 0 Å². The van der Waals surface area contributed by atoms with Gasteiger partial charge in [0, 0.05) is 45.2 Å². The summed E-state index contributed by atoms with van der Waals surface area (Å²) in [6, 6.07) is 0. The standard InChI is InChI=1S/C15H29N3O2/c1-2-20-11-10-17-6-8-18(9-7-17)15(19)14-5-3-4-13(14)12-16/h13-14H,2-12,16H2,1H3/t13-,14-/m1/s1. The molecule has 2 aliphatic rings. The molecule has 0 aromatic carbocycles. The molecule has 2 N–H and O–H groups in total. The van der Waals surface area contributed by atoms with E-state index in [0.29, 0.717) is 18.4 Å². The van der Waals surface area contributed by atoms with E-state index in [-0.39, 0.29) is 5.92 Å². The Labute approximate surface area is 122 Å². The minimum absolute atomic E-state index is 0.190. The molecule has 116 valence electrons. The quantitative estimate of drug-likeness (QED) is 0.723. The topological polar surface area (TPSA) is 58.8 Å². The molecule has 0 spiro atoms. The number of rotatable bonds is 6. The number of carbonyl (C=O) groups excluding carboxylic acids is 1. The predicted molar refractivity (Wildman–Crippen MR) is 79.4 cm³/mol. The Morgan fingerprint density at radius 2 is 2.00 bits per heavy atom. The number of hydrogen-bond acceptors (Lipinski definition) is 4. The van der Waals surface area contributed by atoms with Gasteiger partial charge in [0.15, 0.2) is 0 Å². The summed E-state index contributed by atoms with van der Waals surface area (Å²) >= 11 is 0. The molecular weight excluding hydrogens is 254 g/mol. The lowest BCUT2D eigenvalue weighted by Crippen LogP contribution is -2.51. The van der Waals surface area contributed by atoms with E-state index in [0.717, 1.165) is 65.2 Å². The largest absolute Gasteiger partial charge is 0.380 e. The summed E-state index contributed by atoms with van der Waals surface area (Å²) in [6.45, 7) is 8.89. The first-order chi connectivity index (χ1) is 9.76. The van der Waals surface area contributed by atoms with Gasteiger partial charge in [0.25, 0.3) is 0 Å². The van der Waals surface area contributed by atoms with E-state index in [1.54, 1.807) is 0 Å². The van der Waals surface area contributed by atoms with Gasteiger partial charge in [-0.1, -0.05) is 6.42 Å². The van der Waals surface area contributed by atoms with Gasteiger partial charge in [-0.25, -0.2) is 0 Å². The van der Waals surface area contributed by atoms with Crippen LogP contribution in [0.4, 0.5) is 0 Å². The van der Waals surface area contributed by atoms with E-state index in [9.17, 15) is 4.79 Å². The number of amides is 1. The summed E-state index contributed by atoms with van der Waals surface area (Å²) in [5, 5.41) is 0. The van der Waals surface area contributed by atoms with E-state index in [2.05, 4.69) is 9.80 Å². The maximum absolute atomic E-state index is 12.6. The van der Waals surface area contributed by atoms with Crippen molar-refractivity contribution in [2.24, 2.45) is 17.6 Å². The van der Waals surface area contributed by atoms with E-state index in [1.165, 1.54) is 0 Å². The molecule has 5 heteroatoms. The SMILES string of the molecule is CCOCCN1CCN(C(=O)[C@@H]2CCC[C@@H]2CN)CC1. The van der Waals surface area contributed by atoms with Crippen LogP contribution in [-0.4, -0.2) is 68.2 Å². The molecule has 1 saturated carbocycles. The van der Waals surface area contributed by atoms with Gasteiger partial charge in [0.05, 0.1) is 6.61 Å². The Hall–Kier alpha value is -0.650. The molecular formula is C15H29N3O2. The van der Waals surface area contributed by atoms with Gasteiger partial charge in [-0.15, -0.1) is 0 Å². The first-order valence-electron chi connectivity index (χ1n) is 8.05. The van der Waals surface area contributed by atoms with Crippen LogP contribution in [0.1, 0.15) is 26.2 Å². The maximum Gasteiger partial charge on any atom is 0.226 e. The van der Waals surface area contributed by atoms with E-state index in [4.69, 9.17) is 10.5 Å². The van der Waals surface area contributed by atoms with Crippen LogP contribution in [0.5, 0.6) is 0 Å². The number of hydrogen-bond donors (Lipinski definition) is 1. The average molecular weight is 283 g/mol. The Morgan fingerprint density at radius 3 is 2.65 bits per heavy atom. The highest BCUT2D eigenvalue weighted by Crippen LogP contribution is 2.32. The normalized spacial score (nSPS) is 28.0. The summed E-state index contributed by atoms with van der Waals surface area (Å²) < 4.78 is 5.38. The molecule has 2 atom stereocenters. The Kier molecular flexibility index (Phi) is 6.26. The van der Waals surface area contributed by atoms with Gasteiger partial charge in [0.2, 0.25) is 5.91 Å². The molecule has 0 aromatic rings. The molecule has 0 unspecified atom stereocenters. The Balaban J connectivity index is 1.74. The highest BCUT2D eigenvalue weighted by molar-refractivity contribution is 5.79. The summed E-state index contributed by atoms with van der Waals surface area (Å²) in [4.78, 5) is 17.0. The molecule has 1 saturated heterocycles. The van der Waals surface area contributed by atoms with Crippen molar-refractivity contribution in [2.75, 3.05) is 52.5 Å². The van der Waals surface area contributed by atoms with E-state index in [1.807, 2.05) is 6.92 Å². The summed E-state index contributed by atoms with van der Waals surface area (Å²) in [5.74, 6) is 0.955. The molecule has 1 aliphatic carbocycles. The van der Waals surface area contributed by atoms with Crippen molar-refractivity contribution in [1.82, 2.24) is 9.80 Å². The average Bonchev–Trinajstić information content (AvgIpc) is 2.96. The Bertz CT molecular complexity index is 303. The van der Waals surface area contributed by atoms with Crippen LogP contribution < -0.4 is 5.73 Å². The van der Waals surface area contributed by atoms with Gasteiger partial charge >= 0.3 is 0 Å². The molecule has 1 aliphatic heterocycles. The minimum atomic E-state index is 0.190. The lowest BCUT2D eigenvalue weighted by atomic mass is 9.94. The smallest absolute Gasteiger partial charge is 0.226 e. The fraction of sp³-hybridized carbons (Fsp3) is 0.933. The fourth-order valence-corrected chi connectivity index (χ4v) is 3.41. The Morgan fingerprint density at radius 1 is 1.25 bits per heavy atom. The van der Waals surface area contributed by atoms with Crippen molar-refractivity contribution in [3.63, 3.8) is 0 Å². The molecule has 1 amide bonds. The zero-order valence-electron chi connectivity index (χ0n) is 12.7. The lowest BCUT2D eigenvalue weighted by molar-refractivity contribution is -0.138. The van der Waals surface area contributed by atoms with E-state index >= 15 is 0 Å². The van der Waals surface area contributed by atoms with Crippen molar-refractivity contribution in [3.05, 3.63) is 0 Å². The summed E-state index contributed by atoms with van der Waals surface area (Å²) in [6.07, 6.45) is 3.32. The second kappa shape index (κ2) is 7.96. The van der Waals surface area contributed by atoms with Crippen LogP contribution in [0.15, 0.2) is 0 Å². The van der Waals surface area contributed by atoms with Crippen molar-refractivity contribution >= 4 is 5.91 Å². The molecule has 0 bridgehead atoms. The van der Waals surface area contributed by atoms with Crippen LogP contribution in [0.3, 0.4) is 0 Å². The van der Waals surface area contributed by atoms with Crippen LogP contribution in [0.2, 0.25) is 0 Å². The van der Waals surface area contributed by atoms with E-state index < -0.39 is 0 Å². The predicted octanol–water partition coefficient (Wildman–Crippen LogP) is 0.542. The van der Waals surface area contributed by atoms with Crippen LogP contribution in [-0.2, 0) is 9.53 Å². The molecule has 1 heterocycles. The van der Waals surface area contributed by atoms with Crippen LogP contribution in [0, 0.1) is 11.8 Å². The van der Waals surface area contributed by atoms with Crippen LogP contribution in [0.25, 0.3) is 0 Å². The monoisotopic (exact) mass is 283 g/mol. The number of ether oxygens (including phenoxy) is 1. The summed E-state index contributed by atoms with van der Waals surface area (Å²) in [5.41, 5.74) is 5.79. The van der Waals surface area contributed by atoms with Crippen LogP contribution >= 0.6 is 0 Å². The van der Waals surface area contributed by atoms with Crippen molar-refractivity contribution in [2.45, 2.75) is 26.2 Å². The second-order valence-electron chi connectivity index (χ2n) is 5.90. The van der Waals surface area contributed by atoms with Gasteiger partial charge in [-0.3, -0.25) is 9.69 Å². The molecule has 5 nitrogen and oxygen atoms in total. The maximum atomic E-state index is 12.6. The third kappa shape index (κ3) is 3.93. The highest BCUT2D eigenvalue weighted by Gasteiger charge is 2.35. The number of carbonyl (C=O) groups is 1. The third-order valence-electron chi connectivity index (χ3n) is 4.72. The van der Waals surface area contributed by atoms with Gasteiger partial charge in [0.1, 0.15) is 0 Å². The zero-order valence-corrected chi connectivity index (χ0v) is 12.7. The molecule has 2 rings (SSSR count).